The molecule has 4 atom stereocenters. The third-order valence-corrected chi connectivity index (χ3v) is 5.18. The van der Waals surface area contributed by atoms with Gasteiger partial charge in [0.2, 0.25) is 0 Å². The van der Waals surface area contributed by atoms with Crippen LogP contribution in [0.1, 0.15) is 59.3 Å². The van der Waals surface area contributed by atoms with E-state index in [9.17, 15) is 4.79 Å². The summed E-state index contributed by atoms with van der Waals surface area (Å²) in [4.78, 5) is 14.6. The van der Waals surface area contributed by atoms with E-state index in [2.05, 4.69) is 25.7 Å². The largest absolute Gasteiger partial charge is 0.300 e. The Kier molecular flexibility index (Phi) is 4.83. The van der Waals surface area contributed by atoms with E-state index in [-0.39, 0.29) is 0 Å². The van der Waals surface area contributed by atoms with Gasteiger partial charge >= 0.3 is 0 Å². The molecular weight excluding hydrogens is 222 g/mol. The van der Waals surface area contributed by atoms with Gasteiger partial charge in [-0.15, -0.1) is 0 Å². The van der Waals surface area contributed by atoms with Crippen molar-refractivity contribution in [3.05, 3.63) is 0 Å². The lowest BCUT2D eigenvalue weighted by Crippen LogP contribution is -2.45. The van der Waals surface area contributed by atoms with E-state index in [0.717, 1.165) is 37.6 Å². The number of Topliss-reactive ketones (excluding diaryl/α,β-unsaturated/α-hetero) is 1. The SMILES string of the molecule is CCC1CCC(=O)C(CN2CCC(C)CC2C)C1. The summed E-state index contributed by atoms with van der Waals surface area (Å²) in [5.41, 5.74) is 0. The zero-order chi connectivity index (χ0) is 13.1. The van der Waals surface area contributed by atoms with Crippen molar-refractivity contribution in [2.75, 3.05) is 13.1 Å². The second-order valence-electron chi connectivity index (χ2n) is 6.69. The third kappa shape index (κ3) is 3.34. The molecule has 0 aromatic heterocycles. The molecule has 0 amide bonds. The molecule has 1 heterocycles. The summed E-state index contributed by atoms with van der Waals surface area (Å²) < 4.78 is 0. The summed E-state index contributed by atoms with van der Waals surface area (Å²) in [6.07, 6.45) is 6.98. The zero-order valence-electron chi connectivity index (χ0n) is 12.3. The summed E-state index contributed by atoms with van der Waals surface area (Å²) in [5, 5.41) is 0. The number of hydrogen-bond donors (Lipinski definition) is 0. The highest BCUT2D eigenvalue weighted by Crippen LogP contribution is 2.31. The van der Waals surface area contributed by atoms with Crippen LogP contribution in [0.25, 0.3) is 0 Å². The third-order valence-electron chi connectivity index (χ3n) is 5.18. The van der Waals surface area contributed by atoms with Crippen LogP contribution in [0.2, 0.25) is 0 Å². The van der Waals surface area contributed by atoms with E-state index >= 15 is 0 Å². The van der Waals surface area contributed by atoms with E-state index in [4.69, 9.17) is 0 Å². The van der Waals surface area contributed by atoms with Gasteiger partial charge in [0.25, 0.3) is 0 Å². The van der Waals surface area contributed by atoms with Gasteiger partial charge < -0.3 is 0 Å². The van der Waals surface area contributed by atoms with Crippen molar-refractivity contribution in [1.82, 2.24) is 4.90 Å². The normalized spacial score (nSPS) is 38.9. The number of hydrogen-bond acceptors (Lipinski definition) is 2. The quantitative estimate of drug-likeness (QED) is 0.765. The van der Waals surface area contributed by atoms with Crippen molar-refractivity contribution < 1.29 is 4.79 Å². The van der Waals surface area contributed by atoms with Gasteiger partial charge in [-0.05, 0) is 51.0 Å². The van der Waals surface area contributed by atoms with Crippen LogP contribution in [0.4, 0.5) is 0 Å². The van der Waals surface area contributed by atoms with Crippen LogP contribution in [0, 0.1) is 17.8 Å². The first kappa shape index (κ1) is 14.0. The monoisotopic (exact) mass is 251 g/mol. The van der Waals surface area contributed by atoms with Gasteiger partial charge in [-0.2, -0.15) is 0 Å². The van der Waals surface area contributed by atoms with Crippen LogP contribution in [0.15, 0.2) is 0 Å². The summed E-state index contributed by atoms with van der Waals surface area (Å²) in [5.74, 6) is 2.53. The highest BCUT2D eigenvalue weighted by atomic mass is 16.1. The first-order valence-electron chi connectivity index (χ1n) is 7.86. The number of likely N-dealkylation sites (tertiary alicyclic amines) is 1. The molecule has 2 fully saturated rings. The summed E-state index contributed by atoms with van der Waals surface area (Å²) >= 11 is 0. The van der Waals surface area contributed by atoms with Crippen LogP contribution in [0.5, 0.6) is 0 Å². The van der Waals surface area contributed by atoms with Gasteiger partial charge in [-0.3, -0.25) is 9.69 Å². The number of piperidine rings is 1. The van der Waals surface area contributed by atoms with Crippen molar-refractivity contribution in [3.8, 4) is 0 Å². The molecule has 1 aliphatic carbocycles. The Hall–Kier alpha value is -0.370. The Morgan fingerprint density at radius 3 is 2.67 bits per heavy atom. The molecule has 1 saturated carbocycles. The number of rotatable bonds is 3. The predicted octanol–water partition coefficient (Wildman–Crippen LogP) is 3.50. The van der Waals surface area contributed by atoms with E-state index in [0.29, 0.717) is 17.7 Å². The average molecular weight is 251 g/mol. The minimum atomic E-state index is 0.333. The number of ketones is 1. The average Bonchev–Trinajstić information content (AvgIpc) is 2.35. The van der Waals surface area contributed by atoms with E-state index in [1.807, 2.05) is 0 Å². The second kappa shape index (κ2) is 6.18. The highest BCUT2D eigenvalue weighted by molar-refractivity contribution is 5.81. The fourth-order valence-corrected chi connectivity index (χ4v) is 3.76. The lowest BCUT2D eigenvalue weighted by Gasteiger charge is -2.39. The van der Waals surface area contributed by atoms with Gasteiger partial charge in [0.15, 0.2) is 0 Å². The molecule has 2 rings (SSSR count). The molecule has 1 saturated heterocycles. The molecule has 2 nitrogen and oxygen atoms in total. The molecule has 0 radical (unpaired) electrons. The Morgan fingerprint density at radius 2 is 2.00 bits per heavy atom. The maximum Gasteiger partial charge on any atom is 0.137 e. The lowest BCUT2D eigenvalue weighted by atomic mass is 9.78. The molecule has 18 heavy (non-hydrogen) atoms. The first-order chi connectivity index (χ1) is 8.60. The molecule has 104 valence electrons. The maximum atomic E-state index is 12.1. The van der Waals surface area contributed by atoms with Crippen LogP contribution in [-0.4, -0.2) is 29.8 Å². The van der Waals surface area contributed by atoms with Crippen LogP contribution in [-0.2, 0) is 4.79 Å². The van der Waals surface area contributed by atoms with Crippen LogP contribution in [0.3, 0.4) is 0 Å². The minimum absolute atomic E-state index is 0.333. The Morgan fingerprint density at radius 1 is 1.22 bits per heavy atom. The van der Waals surface area contributed by atoms with E-state index in [1.165, 1.54) is 25.8 Å². The van der Waals surface area contributed by atoms with Gasteiger partial charge in [-0.25, -0.2) is 0 Å². The topological polar surface area (TPSA) is 20.3 Å². The molecule has 0 bridgehead atoms. The highest BCUT2D eigenvalue weighted by Gasteiger charge is 2.31. The van der Waals surface area contributed by atoms with Gasteiger partial charge in [-0.1, -0.05) is 20.3 Å². The molecule has 0 aromatic rings. The smallest absolute Gasteiger partial charge is 0.137 e. The molecule has 2 heteroatoms. The lowest BCUT2D eigenvalue weighted by molar-refractivity contribution is -0.126. The van der Waals surface area contributed by atoms with E-state index < -0.39 is 0 Å². The number of carbonyl (C=O) groups is 1. The Bertz CT molecular complexity index is 289. The standard InChI is InChI=1S/C16H29NO/c1-4-14-5-6-16(18)15(10-14)11-17-8-7-12(2)9-13(17)3/h12-15H,4-11H2,1-3H3. The number of nitrogens with zero attached hydrogens (tertiary/aromatic N) is 1. The molecule has 0 N–H and O–H groups in total. The number of carbonyl (C=O) groups excluding carboxylic acids is 1. The maximum absolute atomic E-state index is 12.1. The summed E-state index contributed by atoms with van der Waals surface area (Å²) in [6, 6.07) is 0.670. The van der Waals surface area contributed by atoms with Crippen molar-refractivity contribution in [3.63, 3.8) is 0 Å². The van der Waals surface area contributed by atoms with Crippen molar-refractivity contribution in [2.45, 2.75) is 65.3 Å². The van der Waals surface area contributed by atoms with Crippen molar-refractivity contribution in [2.24, 2.45) is 17.8 Å². The fraction of sp³-hybridized carbons (Fsp3) is 0.938. The van der Waals surface area contributed by atoms with Crippen molar-refractivity contribution >= 4 is 5.78 Å². The summed E-state index contributed by atoms with van der Waals surface area (Å²) in [7, 11) is 0. The minimum Gasteiger partial charge on any atom is -0.300 e. The molecule has 1 aliphatic heterocycles. The first-order valence-corrected chi connectivity index (χ1v) is 7.86. The van der Waals surface area contributed by atoms with Crippen molar-refractivity contribution in [1.29, 1.82) is 0 Å². The molecule has 0 aromatic carbocycles. The van der Waals surface area contributed by atoms with Crippen LogP contribution < -0.4 is 0 Å². The van der Waals surface area contributed by atoms with E-state index in [1.54, 1.807) is 0 Å². The molecular formula is C16H29NO. The molecule has 2 aliphatic rings. The Balaban J connectivity index is 1.89. The van der Waals surface area contributed by atoms with Gasteiger partial charge in [0, 0.05) is 24.9 Å². The Labute approximate surface area is 112 Å². The zero-order valence-corrected chi connectivity index (χ0v) is 12.3. The predicted molar refractivity (Wildman–Crippen MR) is 75.6 cm³/mol. The van der Waals surface area contributed by atoms with Gasteiger partial charge in [0.1, 0.15) is 5.78 Å². The van der Waals surface area contributed by atoms with Crippen LogP contribution >= 0.6 is 0 Å². The summed E-state index contributed by atoms with van der Waals surface area (Å²) in [6.45, 7) is 9.18. The molecule has 4 unspecified atom stereocenters. The second-order valence-corrected chi connectivity index (χ2v) is 6.69. The fourth-order valence-electron chi connectivity index (χ4n) is 3.76. The van der Waals surface area contributed by atoms with Gasteiger partial charge in [0.05, 0.1) is 0 Å². The molecule has 0 spiro atoms.